The van der Waals surface area contributed by atoms with E-state index in [1.54, 1.807) is 31.3 Å². The molecular weight excluding hydrogens is 314 g/mol. The summed E-state index contributed by atoms with van der Waals surface area (Å²) in [7, 11) is -3.43. The van der Waals surface area contributed by atoms with Gasteiger partial charge in [-0.25, -0.2) is 13.4 Å². The lowest BCUT2D eigenvalue weighted by molar-refractivity contribution is 0.0924. The normalized spacial score (nSPS) is 17.5. The quantitative estimate of drug-likeness (QED) is 0.917. The lowest BCUT2D eigenvalue weighted by atomic mass is 10.1. The Labute approximate surface area is 135 Å². The Balaban J connectivity index is 1.80. The van der Waals surface area contributed by atoms with Crippen LogP contribution >= 0.6 is 0 Å². The summed E-state index contributed by atoms with van der Waals surface area (Å²) in [4.78, 5) is 16.9. The maximum Gasteiger partial charge on any atom is 0.252 e. The summed E-state index contributed by atoms with van der Waals surface area (Å²) in [6.45, 7) is 2.23. The molecule has 0 radical (unpaired) electrons. The molecule has 0 spiro atoms. The van der Waals surface area contributed by atoms with Crippen molar-refractivity contribution in [2.45, 2.75) is 37.2 Å². The molecular formula is C16H19N3O3S. The van der Waals surface area contributed by atoms with Crippen LogP contribution in [0.4, 0.5) is 0 Å². The van der Waals surface area contributed by atoms with Gasteiger partial charge >= 0.3 is 0 Å². The van der Waals surface area contributed by atoms with E-state index in [4.69, 9.17) is 0 Å². The Morgan fingerprint density at radius 3 is 2.96 bits per heavy atom. The van der Waals surface area contributed by atoms with Gasteiger partial charge in [0.15, 0.2) is 9.84 Å². The number of aromatic nitrogens is 2. The molecule has 7 heteroatoms. The van der Waals surface area contributed by atoms with Gasteiger partial charge in [-0.3, -0.25) is 4.79 Å². The van der Waals surface area contributed by atoms with Gasteiger partial charge in [-0.15, -0.1) is 0 Å². The molecule has 1 amide bonds. The van der Waals surface area contributed by atoms with Crippen LogP contribution in [0.2, 0.25) is 0 Å². The molecule has 0 saturated carbocycles. The van der Waals surface area contributed by atoms with Gasteiger partial charge in [-0.2, -0.15) is 0 Å². The number of hydrogen-bond acceptors (Lipinski definition) is 4. The molecule has 122 valence electrons. The lowest BCUT2D eigenvalue weighted by Crippen LogP contribution is -2.41. The zero-order chi connectivity index (χ0) is 16.4. The molecule has 1 atom stereocenters. The van der Waals surface area contributed by atoms with Crippen LogP contribution in [0, 0.1) is 0 Å². The highest BCUT2D eigenvalue weighted by Gasteiger charge is 2.24. The van der Waals surface area contributed by atoms with Crippen molar-refractivity contribution in [3.63, 3.8) is 0 Å². The Bertz CT molecular complexity index is 827. The summed E-state index contributed by atoms with van der Waals surface area (Å²) in [5.74, 6) is 0.648. The smallest absolute Gasteiger partial charge is 0.252 e. The van der Waals surface area contributed by atoms with Crippen molar-refractivity contribution in [1.29, 1.82) is 0 Å². The summed E-state index contributed by atoms with van der Waals surface area (Å²) < 4.78 is 26.3. The number of aryl methyl sites for hydroxylation is 1. The van der Waals surface area contributed by atoms with Crippen molar-refractivity contribution in [2.75, 3.05) is 5.75 Å². The van der Waals surface area contributed by atoms with Gasteiger partial charge in [0.25, 0.3) is 5.91 Å². The van der Waals surface area contributed by atoms with E-state index in [-0.39, 0.29) is 28.2 Å². The number of carbonyl (C=O) groups is 1. The molecule has 2 heterocycles. The molecule has 1 N–H and O–H groups in total. The van der Waals surface area contributed by atoms with Crippen LogP contribution in [0.5, 0.6) is 0 Å². The van der Waals surface area contributed by atoms with Crippen LogP contribution in [0.3, 0.4) is 0 Å². The number of rotatable bonds is 4. The highest BCUT2D eigenvalue weighted by atomic mass is 32.2. The summed E-state index contributed by atoms with van der Waals surface area (Å²) in [6.07, 6.45) is 5.24. The van der Waals surface area contributed by atoms with Gasteiger partial charge in [0.05, 0.1) is 16.2 Å². The van der Waals surface area contributed by atoms with Crippen molar-refractivity contribution >= 4 is 15.7 Å². The average molecular weight is 333 g/mol. The number of benzene rings is 1. The van der Waals surface area contributed by atoms with Crippen LogP contribution in [0.1, 0.15) is 29.5 Å². The first-order valence-electron chi connectivity index (χ1n) is 7.64. The summed E-state index contributed by atoms with van der Waals surface area (Å²) in [5.41, 5.74) is 0.214. The van der Waals surface area contributed by atoms with Crippen molar-refractivity contribution in [2.24, 2.45) is 0 Å². The first-order valence-corrected chi connectivity index (χ1v) is 9.29. The van der Waals surface area contributed by atoms with E-state index in [0.29, 0.717) is 6.54 Å². The number of amides is 1. The second kappa shape index (κ2) is 6.16. The van der Waals surface area contributed by atoms with Gasteiger partial charge in [-0.05, 0) is 18.6 Å². The second-order valence-corrected chi connectivity index (χ2v) is 7.85. The first-order chi connectivity index (χ1) is 11.0. The van der Waals surface area contributed by atoms with Gasteiger partial charge in [0.2, 0.25) is 0 Å². The van der Waals surface area contributed by atoms with Crippen molar-refractivity contribution in [3.8, 4) is 0 Å². The fourth-order valence-corrected chi connectivity index (χ4v) is 3.92. The van der Waals surface area contributed by atoms with Gasteiger partial charge in [-0.1, -0.05) is 19.1 Å². The number of imidazole rings is 1. The number of fused-ring (bicyclic) bond motifs is 1. The average Bonchev–Trinajstić information content (AvgIpc) is 3.02. The third-order valence-corrected chi connectivity index (χ3v) is 5.90. The monoisotopic (exact) mass is 333 g/mol. The molecule has 1 aromatic carbocycles. The summed E-state index contributed by atoms with van der Waals surface area (Å²) in [5, 5.41) is 2.95. The molecule has 0 bridgehead atoms. The maximum absolute atomic E-state index is 12.5. The van der Waals surface area contributed by atoms with Crippen LogP contribution in [-0.2, 0) is 22.8 Å². The molecule has 0 saturated heterocycles. The van der Waals surface area contributed by atoms with E-state index < -0.39 is 9.84 Å². The van der Waals surface area contributed by atoms with Crippen molar-refractivity contribution in [1.82, 2.24) is 14.9 Å². The highest BCUT2D eigenvalue weighted by molar-refractivity contribution is 7.91. The molecule has 0 fully saturated rings. The third kappa shape index (κ3) is 3.14. The molecule has 0 aliphatic carbocycles. The number of nitrogens with one attached hydrogen (secondary N) is 1. The Kier molecular flexibility index (Phi) is 4.21. The topological polar surface area (TPSA) is 81.1 Å². The number of sulfone groups is 1. The van der Waals surface area contributed by atoms with Crippen LogP contribution in [-0.4, -0.2) is 35.7 Å². The van der Waals surface area contributed by atoms with E-state index in [0.717, 1.165) is 18.7 Å². The molecule has 1 aromatic heterocycles. The van der Waals surface area contributed by atoms with Crippen LogP contribution < -0.4 is 5.32 Å². The highest BCUT2D eigenvalue weighted by Crippen LogP contribution is 2.18. The predicted octanol–water partition coefficient (Wildman–Crippen LogP) is 1.42. The zero-order valence-corrected chi connectivity index (χ0v) is 13.7. The van der Waals surface area contributed by atoms with E-state index in [9.17, 15) is 13.2 Å². The van der Waals surface area contributed by atoms with Gasteiger partial charge < -0.3 is 9.88 Å². The lowest BCUT2D eigenvalue weighted by Gasteiger charge is -2.25. The first kappa shape index (κ1) is 15.7. The Hall–Kier alpha value is -2.15. The molecule has 3 rings (SSSR count). The van der Waals surface area contributed by atoms with E-state index in [1.165, 1.54) is 6.07 Å². The second-order valence-electron chi connectivity index (χ2n) is 5.60. The Morgan fingerprint density at radius 1 is 1.39 bits per heavy atom. The van der Waals surface area contributed by atoms with E-state index in [1.807, 2.05) is 10.8 Å². The van der Waals surface area contributed by atoms with E-state index >= 15 is 0 Å². The third-order valence-electron chi connectivity index (χ3n) is 4.12. The van der Waals surface area contributed by atoms with Crippen LogP contribution in [0.25, 0.3) is 0 Å². The number of hydrogen-bond donors (Lipinski definition) is 1. The number of carbonyl (C=O) groups excluding carboxylic acids is 1. The fourth-order valence-electron chi connectivity index (χ4n) is 2.83. The molecule has 23 heavy (non-hydrogen) atoms. The standard InChI is InChI=1S/C16H19N3O3S/c1-2-23(21,22)14-6-4-3-5-13(14)16(20)18-12-7-8-15-17-9-10-19(15)11-12/h3-6,9-10,12H,2,7-8,11H2,1H3,(H,18,20)/t12-/m1/s1. The Morgan fingerprint density at radius 2 is 2.17 bits per heavy atom. The maximum atomic E-state index is 12.5. The molecule has 6 nitrogen and oxygen atoms in total. The van der Waals surface area contributed by atoms with Gasteiger partial charge in [0, 0.05) is 31.4 Å². The van der Waals surface area contributed by atoms with Crippen molar-refractivity contribution in [3.05, 3.63) is 48.0 Å². The number of nitrogens with zero attached hydrogens (tertiary/aromatic N) is 2. The minimum Gasteiger partial charge on any atom is -0.347 e. The largest absolute Gasteiger partial charge is 0.347 e. The molecule has 1 aliphatic heterocycles. The minimum atomic E-state index is -3.43. The molecule has 0 unspecified atom stereocenters. The fraction of sp³-hybridized carbons (Fsp3) is 0.375. The minimum absolute atomic E-state index is 0.0263. The predicted molar refractivity (Wildman–Crippen MR) is 86.0 cm³/mol. The summed E-state index contributed by atoms with van der Waals surface area (Å²) in [6, 6.07) is 6.34. The zero-order valence-electron chi connectivity index (χ0n) is 12.9. The summed E-state index contributed by atoms with van der Waals surface area (Å²) >= 11 is 0. The van der Waals surface area contributed by atoms with Crippen LogP contribution in [0.15, 0.2) is 41.6 Å². The molecule has 2 aromatic rings. The van der Waals surface area contributed by atoms with E-state index in [2.05, 4.69) is 10.3 Å². The SMILES string of the molecule is CCS(=O)(=O)c1ccccc1C(=O)N[C@@H]1CCc2nccn2C1. The van der Waals surface area contributed by atoms with Gasteiger partial charge in [0.1, 0.15) is 5.82 Å². The van der Waals surface area contributed by atoms with Crippen molar-refractivity contribution < 1.29 is 13.2 Å². The molecule has 1 aliphatic rings.